The average Bonchev–Trinajstić information content (AvgIpc) is 3.06. The van der Waals surface area contributed by atoms with Gasteiger partial charge in [-0.3, -0.25) is 4.79 Å². The highest BCUT2D eigenvalue weighted by Gasteiger charge is 2.29. The second-order valence-electron chi connectivity index (χ2n) is 5.16. The Labute approximate surface area is 132 Å². The van der Waals surface area contributed by atoms with Gasteiger partial charge in [0.1, 0.15) is 0 Å². The first-order chi connectivity index (χ1) is 10.4. The molecular formula is C14H13ClN2O4S. The molecule has 1 fully saturated rings. The highest BCUT2D eigenvalue weighted by atomic mass is 35.5. The molecule has 1 atom stereocenters. The lowest BCUT2D eigenvalue weighted by Crippen LogP contribution is -2.35. The first-order valence-corrected chi connectivity index (χ1v) is 8.87. The smallest absolute Gasteiger partial charge is 0.273 e. The number of carbonyl (C=O) groups is 1. The summed E-state index contributed by atoms with van der Waals surface area (Å²) in [6, 6.07) is 8.09. The Morgan fingerprint density at radius 3 is 2.68 bits per heavy atom. The third-order valence-electron chi connectivity index (χ3n) is 3.44. The fourth-order valence-corrected chi connectivity index (χ4v) is 4.10. The van der Waals surface area contributed by atoms with Crippen LogP contribution in [0.5, 0.6) is 0 Å². The summed E-state index contributed by atoms with van der Waals surface area (Å²) in [5, 5.41) is 6.99. The number of nitrogens with one attached hydrogen (secondary N) is 1. The summed E-state index contributed by atoms with van der Waals surface area (Å²) in [6.07, 6.45) is 0.427. The van der Waals surface area contributed by atoms with Crippen molar-refractivity contribution in [1.82, 2.24) is 10.5 Å². The van der Waals surface area contributed by atoms with Crippen LogP contribution in [-0.4, -0.2) is 37.0 Å². The Kier molecular flexibility index (Phi) is 3.92. The zero-order valence-corrected chi connectivity index (χ0v) is 13.0. The summed E-state index contributed by atoms with van der Waals surface area (Å²) in [4.78, 5) is 12.1. The Morgan fingerprint density at radius 1 is 1.32 bits per heavy atom. The molecule has 2 heterocycles. The first kappa shape index (κ1) is 15.1. The largest absolute Gasteiger partial charge is 0.355 e. The van der Waals surface area contributed by atoms with E-state index in [0.717, 1.165) is 5.56 Å². The lowest BCUT2D eigenvalue weighted by molar-refractivity contribution is 0.0932. The second kappa shape index (κ2) is 5.73. The van der Waals surface area contributed by atoms with Crippen LogP contribution in [-0.2, 0) is 9.84 Å². The third kappa shape index (κ3) is 3.31. The van der Waals surface area contributed by atoms with E-state index in [1.54, 1.807) is 24.3 Å². The highest BCUT2D eigenvalue weighted by Crippen LogP contribution is 2.22. The van der Waals surface area contributed by atoms with Crippen molar-refractivity contribution in [2.45, 2.75) is 12.5 Å². The van der Waals surface area contributed by atoms with E-state index < -0.39 is 15.7 Å². The third-order valence-corrected chi connectivity index (χ3v) is 5.46. The van der Waals surface area contributed by atoms with Crippen LogP contribution in [0.4, 0.5) is 0 Å². The quantitative estimate of drug-likeness (QED) is 0.921. The lowest BCUT2D eigenvalue weighted by atomic mass is 10.1. The van der Waals surface area contributed by atoms with Gasteiger partial charge in [-0.05, 0) is 30.7 Å². The Balaban J connectivity index is 1.71. The van der Waals surface area contributed by atoms with Crippen LogP contribution in [0.15, 0.2) is 34.9 Å². The van der Waals surface area contributed by atoms with E-state index in [-0.39, 0.29) is 23.2 Å². The molecule has 1 N–H and O–H groups in total. The lowest BCUT2D eigenvalue weighted by Gasteiger charge is -2.08. The minimum absolute atomic E-state index is 0.0271. The molecule has 1 aromatic heterocycles. The number of carbonyl (C=O) groups excluding carboxylic acids is 1. The molecule has 6 nitrogen and oxygen atoms in total. The topological polar surface area (TPSA) is 89.3 Å². The molecular weight excluding hydrogens is 328 g/mol. The molecule has 0 bridgehead atoms. The maximum absolute atomic E-state index is 12.1. The van der Waals surface area contributed by atoms with Crippen LogP contribution in [0, 0.1) is 0 Å². The maximum atomic E-state index is 12.1. The molecule has 0 saturated carbocycles. The summed E-state index contributed by atoms with van der Waals surface area (Å²) in [7, 11) is -3.04. The number of amides is 1. The van der Waals surface area contributed by atoms with Crippen molar-refractivity contribution in [3.63, 3.8) is 0 Å². The van der Waals surface area contributed by atoms with Crippen LogP contribution in [0.1, 0.15) is 16.9 Å². The normalized spacial score (nSPS) is 20.0. The van der Waals surface area contributed by atoms with E-state index in [4.69, 9.17) is 16.1 Å². The van der Waals surface area contributed by atoms with E-state index in [1.165, 1.54) is 6.07 Å². The highest BCUT2D eigenvalue weighted by molar-refractivity contribution is 7.91. The zero-order chi connectivity index (χ0) is 15.7. The molecule has 3 rings (SSSR count). The molecule has 1 aliphatic heterocycles. The van der Waals surface area contributed by atoms with Gasteiger partial charge in [0.2, 0.25) is 0 Å². The summed E-state index contributed by atoms with van der Waals surface area (Å²) < 4.78 is 27.9. The standard InChI is InChI=1S/C14H13ClN2O4S/c15-10-3-1-9(2-4-10)13-7-12(17-21-13)14(18)16-11-5-6-22(19,20)8-11/h1-4,7,11H,5-6,8H2,(H,16,18)/t11-/m0/s1. The van der Waals surface area contributed by atoms with Crippen molar-refractivity contribution in [1.29, 1.82) is 0 Å². The van der Waals surface area contributed by atoms with Crippen molar-refractivity contribution in [2.75, 3.05) is 11.5 Å². The fourth-order valence-electron chi connectivity index (χ4n) is 2.30. The summed E-state index contributed by atoms with van der Waals surface area (Å²) in [5.74, 6) is 0.0832. The van der Waals surface area contributed by atoms with E-state index in [2.05, 4.69) is 10.5 Å². The van der Waals surface area contributed by atoms with Gasteiger partial charge in [-0.1, -0.05) is 16.8 Å². The molecule has 1 aliphatic rings. The number of halogens is 1. The second-order valence-corrected chi connectivity index (χ2v) is 7.82. The predicted molar refractivity (Wildman–Crippen MR) is 81.5 cm³/mol. The molecule has 22 heavy (non-hydrogen) atoms. The summed E-state index contributed by atoms with van der Waals surface area (Å²) in [5.41, 5.74) is 0.869. The van der Waals surface area contributed by atoms with Crippen molar-refractivity contribution >= 4 is 27.3 Å². The fraction of sp³-hybridized carbons (Fsp3) is 0.286. The van der Waals surface area contributed by atoms with Gasteiger partial charge >= 0.3 is 0 Å². The van der Waals surface area contributed by atoms with E-state index in [1.807, 2.05) is 0 Å². The predicted octanol–water partition coefficient (Wildman–Crippen LogP) is 1.91. The summed E-state index contributed by atoms with van der Waals surface area (Å²) >= 11 is 5.81. The molecule has 8 heteroatoms. The molecule has 2 aromatic rings. The van der Waals surface area contributed by atoms with Gasteiger partial charge in [-0.15, -0.1) is 0 Å². The number of hydrogen-bond acceptors (Lipinski definition) is 5. The number of sulfone groups is 1. The van der Waals surface area contributed by atoms with Crippen molar-refractivity contribution in [3.05, 3.63) is 41.0 Å². The van der Waals surface area contributed by atoms with Crippen molar-refractivity contribution < 1.29 is 17.7 Å². The van der Waals surface area contributed by atoms with Crippen LogP contribution in [0.3, 0.4) is 0 Å². The molecule has 1 amide bonds. The van der Waals surface area contributed by atoms with Crippen LogP contribution in [0.2, 0.25) is 5.02 Å². The van der Waals surface area contributed by atoms with Gasteiger partial charge in [-0.25, -0.2) is 8.42 Å². The minimum atomic E-state index is -3.04. The Morgan fingerprint density at radius 2 is 2.05 bits per heavy atom. The van der Waals surface area contributed by atoms with Gasteiger partial charge in [-0.2, -0.15) is 0 Å². The monoisotopic (exact) mass is 340 g/mol. The Hall–Kier alpha value is -1.86. The SMILES string of the molecule is O=C(N[C@H]1CCS(=O)(=O)C1)c1cc(-c2ccc(Cl)cc2)on1. The van der Waals surface area contributed by atoms with Gasteiger partial charge < -0.3 is 9.84 Å². The van der Waals surface area contributed by atoms with Crippen molar-refractivity contribution in [2.24, 2.45) is 0 Å². The first-order valence-electron chi connectivity index (χ1n) is 6.67. The van der Waals surface area contributed by atoms with Crippen LogP contribution >= 0.6 is 11.6 Å². The number of aromatic nitrogens is 1. The minimum Gasteiger partial charge on any atom is -0.355 e. The van der Waals surface area contributed by atoms with Crippen molar-refractivity contribution in [3.8, 4) is 11.3 Å². The van der Waals surface area contributed by atoms with Gasteiger partial charge in [0.25, 0.3) is 5.91 Å². The van der Waals surface area contributed by atoms with Crippen LogP contribution < -0.4 is 5.32 Å². The van der Waals surface area contributed by atoms with Gasteiger partial charge in [0.05, 0.1) is 11.5 Å². The van der Waals surface area contributed by atoms with E-state index in [9.17, 15) is 13.2 Å². The molecule has 0 radical (unpaired) electrons. The number of nitrogens with zero attached hydrogens (tertiary/aromatic N) is 1. The molecule has 0 spiro atoms. The van der Waals surface area contributed by atoms with Crippen LogP contribution in [0.25, 0.3) is 11.3 Å². The Bertz CT molecular complexity index is 799. The van der Waals surface area contributed by atoms with Gasteiger partial charge in [0, 0.05) is 22.7 Å². The molecule has 1 saturated heterocycles. The number of rotatable bonds is 3. The molecule has 1 aromatic carbocycles. The molecule has 0 aliphatic carbocycles. The summed E-state index contributed by atoms with van der Waals surface area (Å²) in [6.45, 7) is 0. The zero-order valence-electron chi connectivity index (χ0n) is 11.5. The number of hydrogen-bond donors (Lipinski definition) is 1. The van der Waals surface area contributed by atoms with E-state index in [0.29, 0.717) is 17.2 Å². The number of benzene rings is 1. The average molecular weight is 341 g/mol. The maximum Gasteiger partial charge on any atom is 0.273 e. The van der Waals surface area contributed by atoms with Gasteiger partial charge in [0.15, 0.2) is 21.3 Å². The molecule has 116 valence electrons. The van der Waals surface area contributed by atoms with E-state index >= 15 is 0 Å². The molecule has 0 unspecified atom stereocenters.